The number of carbonyl (C=O) groups is 2. The number of pyridine rings is 1. The number of alkyl halides is 2. The largest absolute Gasteiger partial charge is 0.452 e. The molecular formula is C24H15F2NO5. The van der Waals surface area contributed by atoms with Crippen LogP contribution in [0, 0.1) is 0 Å². The van der Waals surface area contributed by atoms with Crippen LogP contribution in [0.25, 0.3) is 6.08 Å². The number of rotatable bonds is 4. The quantitative estimate of drug-likeness (QED) is 0.335. The number of ketones is 1. The third kappa shape index (κ3) is 3.49. The van der Waals surface area contributed by atoms with E-state index in [0.717, 1.165) is 5.56 Å². The van der Waals surface area contributed by atoms with E-state index in [-0.39, 0.29) is 29.2 Å². The van der Waals surface area contributed by atoms with Gasteiger partial charge in [-0.05, 0) is 35.9 Å². The number of nitrogens with zero attached hydrogens (tertiary/aromatic N) is 1. The van der Waals surface area contributed by atoms with Gasteiger partial charge in [0, 0.05) is 29.4 Å². The molecule has 3 aromatic rings. The highest BCUT2D eigenvalue weighted by atomic mass is 19.3. The second-order valence-electron chi connectivity index (χ2n) is 7.23. The molecule has 0 spiro atoms. The average Bonchev–Trinajstić information content (AvgIpc) is 3.10. The van der Waals surface area contributed by atoms with Gasteiger partial charge in [-0.2, -0.15) is 8.78 Å². The van der Waals surface area contributed by atoms with E-state index in [1.165, 1.54) is 18.2 Å². The van der Waals surface area contributed by atoms with E-state index in [9.17, 15) is 18.4 Å². The summed E-state index contributed by atoms with van der Waals surface area (Å²) in [5.41, 5.74) is 1.93. The number of hydrogen-bond donors (Lipinski definition) is 0. The summed E-state index contributed by atoms with van der Waals surface area (Å²) in [5, 5.41) is 0. The molecule has 160 valence electrons. The van der Waals surface area contributed by atoms with Crippen LogP contribution in [0.5, 0.6) is 17.2 Å². The van der Waals surface area contributed by atoms with Gasteiger partial charge in [-0.25, -0.2) is 0 Å². The fraction of sp³-hybridized carbons (Fsp3) is 0.125. The smallest absolute Gasteiger partial charge is 0.387 e. The number of halogens is 2. The lowest BCUT2D eigenvalue weighted by Gasteiger charge is -2.26. The van der Waals surface area contributed by atoms with Crippen LogP contribution in [0.15, 0.2) is 66.7 Å². The van der Waals surface area contributed by atoms with Crippen molar-refractivity contribution in [2.75, 3.05) is 0 Å². The molecule has 0 fully saturated rings. The minimum Gasteiger partial charge on any atom is -0.452 e. The maximum absolute atomic E-state index is 13.0. The van der Waals surface area contributed by atoms with E-state index in [0.29, 0.717) is 16.9 Å². The number of carbonyl (C=O) groups excluding carboxylic acids is 2. The van der Waals surface area contributed by atoms with Gasteiger partial charge in [-0.1, -0.05) is 24.3 Å². The maximum Gasteiger partial charge on any atom is 0.387 e. The second kappa shape index (κ2) is 7.88. The Labute approximate surface area is 181 Å². The lowest BCUT2D eigenvalue weighted by molar-refractivity contribution is -0.135. The van der Waals surface area contributed by atoms with Crippen LogP contribution < -0.4 is 14.2 Å². The van der Waals surface area contributed by atoms with E-state index in [2.05, 4.69) is 9.72 Å². The van der Waals surface area contributed by atoms with Crippen LogP contribution in [0.1, 0.15) is 39.4 Å². The van der Waals surface area contributed by atoms with E-state index in [1.807, 2.05) is 6.07 Å². The van der Waals surface area contributed by atoms with E-state index in [4.69, 9.17) is 9.47 Å². The van der Waals surface area contributed by atoms with Crippen LogP contribution in [0.2, 0.25) is 0 Å². The highest BCUT2D eigenvalue weighted by Gasteiger charge is 2.38. The third-order valence-corrected chi connectivity index (χ3v) is 5.29. The van der Waals surface area contributed by atoms with Gasteiger partial charge in [0.2, 0.25) is 5.78 Å². The molecule has 32 heavy (non-hydrogen) atoms. The Morgan fingerprint density at radius 3 is 2.69 bits per heavy atom. The summed E-state index contributed by atoms with van der Waals surface area (Å²) in [6.07, 6.45) is 4.70. The van der Waals surface area contributed by atoms with Crippen LogP contribution >= 0.6 is 0 Å². The Kier molecular flexibility index (Phi) is 4.89. The van der Waals surface area contributed by atoms with Gasteiger partial charge >= 0.3 is 12.6 Å². The molecule has 0 radical (unpaired) electrons. The molecule has 5 rings (SSSR count). The topological polar surface area (TPSA) is 74.7 Å². The molecular weight excluding hydrogens is 420 g/mol. The number of para-hydroxylation sites is 1. The standard InChI is InChI=1S/C24H15F2NO5/c25-24(26)32-17-6-2-1-4-13(17)10-19-22(29)15-7-8-18-21(23(15)31-19)16(11-20(28)30-18)14-5-3-9-27-12-14/h1-10,12,16,24H,11H2/b19-10-. The lowest BCUT2D eigenvalue weighted by atomic mass is 9.85. The molecule has 1 unspecified atom stereocenters. The van der Waals surface area contributed by atoms with E-state index < -0.39 is 24.3 Å². The fourth-order valence-electron chi connectivity index (χ4n) is 3.92. The summed E-state index contributed by atoms with van der Waals surface area (Å²) in [7, 11) is 0. The molecule has 1 aromatic heterocycles. The molecule has 2 aliphatic heterocycles. The molecule has 3 heterocycles. The number of Topliss-reactive ketones (excluding diaryl/α,β-unsaturated/α-hetero) is 1. The Bertz CT molecular complexity index is 1260. The van der Waals surface area contributed by atoms with Gasteiger partial charge in [-0.3, -0.25) is 14.6 Å². The van der Waals surface area contributed by atoms with Gasteiger partial charge in [0.15, 0.2) is 5.76 Å². The predicted octanol–water partition coefficient (Wildman–Crippen LogP) is 4.74. The van der Waals surface area contributed by atoms with Gasteiger partial charge in [0.05, 0.1) is 12.0 Å². The normalized spacial score (nSPS) is 18.2. The zero-order chi connectivity index (χ0) is 22.2. The molecule has 1 atom stereocenters. The minimum atomic E-state index is -3.01. The number of ether oxygens (including phenoxy) is 3. The first-order valence-corrected chi connectivity index (χ1v) is 9.77. The fourth-order valence-corrected chi connectivity index (χ4v) is 3.92. The Balaban J connectivity index is 1.59. The predicted molar refractivity (Wildman–Crippen MR) is 109 cm³/mol. The summed E-state index contributed by atoms with van der Waals surface area (Å²) in [5.74, 6) is -0.735. The maximum atomic E-state index is 13.0. The highest BCUT2D eigenvalue weighted by Crippen LogP contribution is 2.49. The third-order valence-electron chi connectivity index (χ3n) is 5.29. The molecule has 0 saturated heterocycles. The van der Waals surface area contributed by atoms with Crippen molar-refractivity contribution in [2.45, 2.75) is 19.0 Å². The molecule has 8 heteroatoms. The molecule has 6 nitrogen and oxygen atoms in total. The Hall–Kier alpha value is -4.07. The molecule has 0 N–H and O–H groups in total. The number of esters is 1. The van der Waals surface area contributed by atoms with Crippen LogP contribution in [-0.2, 0) is 4.79 Å². The first-order chi connectivity index (χ1) is 15.5. The summed E-state index contributed by atoms with van der Waals surface area (Å²) in [4.78, 5) is 29.3. The van der Waals surface area contributed by atoms with Crippen molar-refractivity contribution in [3.8, 4) is 17.2 Å². The molecule has 0 amide bonds. The van der Waals surface area contributed by atoms with Crippen LogP contribution in [0.3, 0.4) is 0 Å². The van der Waals surface area contributed by atoms with Crippen molar-refractivity contribution in [2.24, 2.45) is 0 Å². The molecule has 0 saturated carbocycles. The van der Waals surface area contributed by atoms with Gasteiger partial charge in [-0.15, -0.1) is 0 Å². The molecule has 0 aliphatic carbocycles. The van der Waals surface area contributed by atoms with Crippen LogP contribution in [-0.4, -0.2) is 23.3 Å². The van der Waals surface area contributed by atoms with E-state index in [1.54, 1.807) is 42.7 Å². The van der Waals surface area contributed by atoms with Gasteiger partial charge in [0.1, 0.15) is 17.2 Å². The first kappa shape index (κ1) is 19.9. The first-order valence-electron chi connectivity index (χ1n) is 9.77. The Morgan fingerprint density at radius 2 is 1.91 bits per heavy atom. The summed E-state index contributed by atoms with van der Waals surface area (Å²) >= 11 is 0. The number of hydrogen-bond acceptors (Lipinski definition) is 6. The molecule has 0 bridgehead atoms. The highest BCUT2D eigenvalue weighted by molar-refractivity contribution is 6.15. The minimum absolute atomic E-state index is 0.0412. The number of fused-ring (bicyclic) bond motifs is 3. The van der Waals surface area contributed by atoms with Gasteiger partial charge in [0.25, 0.3) is 0 Å². The van der Waals surface area contributed by atoms with Crippen LogP contribution in [0.4, 0.5) is 8.78 Å². The number of benzene rings is 2. The number of aromatic nitrogens is 1. The zero-order valence-electron chi connectivity index (χ0n) is 16.5. The molecule has 2 aliphatic rings. The summed E-state index contributed by atoms with van der Waals surface area (Å²) < 4.78 is 41.3. The van der Waals surface area contributed by atoms with Gasteiger partial charge < -0.3 is 14.2 Å². The average molecular weight is 435 g/mol. The lowest BCUT2D eigenvalue weighted by Crippen LogP contribution is -2.21. The zero-order valence-corrected chi connectivity index (χ0v) is 16.5. The summed E-state index contributed by atoms with van der Waals surface area (Å²) in [6, 6.07) is 12.8. The SMILES string of the molecule is O=C1CC(c2cccnc2)c2c(ccc3c2O/C(=C\c2ccccc2OC(F)F)C3=O)O1. The van der Waals surface area contributed by atoms with E-state index >= 15 is 0 Å². The second-order valence-corrected chi connectivity index (χ2v) is 7.23. The monoisotopic (exact) mass is 435 g/mol. The number of allylic oxidation sites excluding steroid dienone is 1. The molecule has 2 aromatic carbocycles. The Morgan fingerprint density at radius 1 is 1.06 bits per heavy atom. The van der Waals surface area contributed by atoms with Crippen molar-refractivity contribution in [3.05, 3.63) is 88.9 Å². The summed E-state index contributed by atoms with van der Waals surface area (Å²) in [6.45, 7) is -3.01. The van der Waals surface area contributed by atoms with Crippen molar-refractivity contribution in [3.63, 3.8) is 0 Å². The van der Waals surface area contributed by atoms with Crippen molar-refractivity contribution in [1.29, 1.82) is 0 Å². The van der Waals surface area contributed by atoms with Crippen molar-refractivity contribution < 1.29 is 32.6 Å². The van der Waals surface area contributed by atoms with Crippen molar-refractivity contribution in [1.82, 2.24) is 4.98 Å². The van der Waals surface area contributed by atoms with Crippen molar-refractivity contribution >= 4 is 17.8 Å².